The first-order chi connectivity index (χ1) is 6.45. The predicted octanol–water partition coefficient (Wildman–Crippen LogP) is -2.60. The van der Waals surface area contributed by atoms with Crippen molar-refractivity contribution >= 4 is 5.78 Å². The topological polar surface area (TPSA) is 118 Å². The fourth-order valence-electron chi connectivity index (χ4n) is 0.922. The van der Waals surface area contributed by atoms with Crippen molar-refractivity contribution in [3.63, 3.8) is 0 Å². The van der Waals surface area contributed by atoms with Crippen molar-refractivity contribution < 1.29 is 30.3 Å². The summed E-state index contributed by atoms with van der Waals surface area (Å²) >= 11 is 0. The standard InChI is InChI=1S/C8H16O6/c1-2-4(10)6(12)8(14)7(13)5(11)3-9/h5-9,11-14H,2-3H2,1H3/t5?,6-,7+,8+/m0/s1. The second kappa shape index (κ2) is 6.05. The van der Waals surface area contributed by atoms with E-state index < -0.39 is 36.8 Å². The Hall–Kier alpha value is -0.530. The molecule has 0 heterocycles. The quantitative estimate of drug-likeness (QED) is 0.327. The molecule has 6 nitrogen and oxygen atoms in total. The van der Waals surface area contributed by atoms with E-state index in [1.807, 2.05) is 0 Å². The smallest absolute Gasteiger partial charge is 0.163 e. The molecule has 0 rings (SSSR count). The monoisotopic (exact) mass is 208 g/mol. The van der Waals surface area contributed by atoms with E-state index >= 15 is 0 Å². The lowest BCUT2D eigenvalue weighted by atomic mass is 9.99. The van der Waals surface area contributed by atoms with Crippen LogP contribution in [0.4, 0.5) is 0 Å². The highest BCUT2D eigenvalue weighted by Gasteiger charge is 2.32. The summed E-state index contributed by atoms with van der Waals surface area (Å²) in [5, 5.41) is 44.8. The van der Waals surface area contributed by atoms with Gasteiger partial charge in [-0.2, -0.15) is 0 Å². The van der Waals surface area contributed by atoms with Gasteiger partial charge >= 0.3 is 0 Å². The average molecular weight is 208 g/mol. The van der Waals surface area contributed by atoms with Gasteiger partial charge in [0.05, 0.1) is 6.61 Å². The van der Waals surface area contributed by atoms with Gasteiger partial charge < -0.3 is 25.5 Å². The first-order valence-electron chi connectivity index (χ1n) is 4.31. The summed E-state index contributed by atoms with van der Waals surface area (Å²) in [6, 6.07) is 0. The molecule has 0 aliphatic carbocycles. The molecule has 0 aromatic carbocycles. The summed E-state index contributed by atoms with van der Waals surface area (Å²) in [6.07, 6.45) is -6.84. The average Bonchev–Trinajstić information content (AvgIpc) is 2.23. The number of aliphatic hydroxyl groups excluding tert-OH is 5. The number of carbonyl (C=O) groups excluding carboxylic acids is 1. The van der Waals surface area contributed by atoms with Crippen molar-refractivity contribution in [2.45, 2.75) is 37.8 Å². The Morgan fingerprint density at radius 1 is 1.14 bits per heavy atom. The Morgan fingerprint density at radius 2 is 1.64 bits per heavy atom. The van der Waals surface area contributed by atoms with Gasteiger partial charge in [0.25, 0.3) is 0 Å². The highest BCUT2D eigenvalue weighted by Crippen LogP contribution is 2.07. The van der Waals surface area contributed by atoms with E-state index in [0.717, 1.165) is 0 Å². The molecule has 0 fully saturated rings. The molecule has 1 unspecified atom stereocenters. The van der Waals surface area contributed by atoms with Gasteiger partial charge in [0.1, 0.15) is 24.4 Å². The lowest BCUT2D eigenvalue weighted by molar-refractivity contribution is -0.146. The lowest BCUT2D eigenvalue weighted by Gasteiger charge is -2.24. The first kappa shape index (κ1) is 13.5. The van der Waals surface area contributed by atoms with Gasteiger partial charge in [-0.15, -0.1) is 0 Å². The number of rotatable bonds is 6. The van der Waals surface area contributed by atoms with Crippen molar-refractivity contribution in [3.8, 4) is 0 Å². The van der Waals surface area contributed by atoms with E-state index in [0.29, 0.717) is 0 Å². The Labute approximate surface area is 81.4 Å². The molecule has 4 atom stereocenters. The zero-order valence-electron chi connectivity index (χ0n) is 7.87. The summed E-state index contributed by atoms with van der Waals surface area (Å²) < 4.78 is 0. The second-order valence-electron chi connectivity index (χ2n) is 3.00. The van der Waals surface area contributed by atoms with E-state index in [4.69, 9.17) is 20.4 Å². The molecule has 0 saturated heterocycles. The highest BCUT2D eigenvalue weighted by molar-refractivity contribution is 5.83. The van der Waals surface area contributed by atoms with Crippen LogP contribution in [0.2, 0.25) is 0 Å². The maximum Gasteiger partial charge on any atom is 0.163 e. The van der Waals surface area contributed by atoms with Crippen LogP contribution in [0.5, 0.6) is 0 Å². The minimum absolute atomic E-state index is 0.0141. The van der Waals surface area contributed by atoms with E-state index in [2.05, 4.69) is 0 Å². The molecule has 0 aromatic heterocycles. The van der Waals surface area contributed by atoms with E-state index in [-0.39, 0.29) is 6.42 Å². The summed E-state index contributed by atoms with van der Waals surface area (Å²) in [7, 11) is 0. The van der Waals surface area contributed by atoms with Crippen LogP contribution in [0.25, 0.3) is 0 Å². The van der Waals surface area contributed by atoms with Crippen molar-refractivity contribution in [1.29, 1.82) is 0 Å². The van der Waals surface area contributed by atoms with E-state index in [1.54, 1.807) is 0 Å². The Bertz CT molecular complexity index is 183. The minimum Gasteiger partial charge on any atom is -0.394 e. The molecule has 14 heavy (non-hydrogen) atoms. The van der Waals surface area contributed by atoms with Gasteiger partial charge in [-0.05, 0) is 0 Å². The minimum atomic E-state index is -1.79. The third kappa shape index (κ3) is 3.32. The van der Waals surface area contributed by atoms with Crippen LogP contribution in [0.15, 0.2) is 0 Å². The van der Waals surface area contributed by atoms with Crippen LogP contribution in [-0.4, -0.2) is 62.3 Å². The Morgan fingerprint density at radius 3 is 2.00 bits per heavy atom. The first-order valence-corrected chi connectivity index (χ1v) is 4.31. The SMILES string of the molecule is CCC(=O)[C@H](O)[C@@H](O)[C@H](O)C(O)CO. The molecule has 0 aliphatic rings. The molecular weight excluding hydrogens is 192 g/mol. The van der Waals surface area contributed by atoms with Crippen LogP contribution in [0, 0.1) is 0 Å². The van der Waals surface area contributed by atoms with Gasteiger partial charge in [-0.25, -0.2) is 0 Å². The molecule has 0 amide bonds. The van der Waals surface area contributed by atoms with E-state index in [9.17, 15) is 9.90 Å². The molecular formula is C8H16O6. The molecule has 5 N–H and O–H groups in total. The van der Waals surface area contributed by atoms with Gasteiger partial charge in [-0.3, -0.25) is 4.79 Å². The zero-order chi connectivity index (χ0) is 11.3. The number of hydrogen-bond acceptors (Lipinski definition) is 6. The van der Waals surface area contributed by atoms with Crippen molar-refractivity contribution in [1.82, 2.24) is 0 Å². The summed E-state index contributed by atoms with van der Waals surface area (Å²) in [6.45, 7) is 0.735. The Balaban J connectivity index is 4.30. The lowest BCUT2D eigenvalue weighted by Crippen LogP contribution is -2.48. The normalized spacial score (nSPS) is 19.9. The van der Waals surface area contributed by atoms with Crippen molar-refractivity contribution in [2.24, 2.45) is 0 Å². The zero-order valence-corrected chi connectivity index (χ0v) is 7.87. The molecule has 0 aromatic rings. The largest absolute Gasteiger partial charge is 0.394 e. The summed E-state index contributed by atoms with van der Waals surface area (Å²) in [4.78, 5) is 10.9. The fraction of sp³-hybridized carbons (Fsp3) is 0.875. The second-order valence-corrected chi connectivity index (χ2v) is 3.00. The fourth-order valence-corrected chi connectivity index (χ4v) is 0.922. The van der Waals surface area contributed by atoms with Crippen molar-refractivity contribution in [2.75, 3.05) is 6.61 Å². The van der Waals surface area contributed by atoms with Crippen molar-refractivity contribution in [3.05, 3.63) is 0 Å². The van der Waals surface area contributed by atoms with Gasteiger partial charge in [-0.1, -0.05) is 6.92 Å². The molecule has 0 bridgehead atoms. The highest BCUT2D eigenvalue weighted by atomic mass is 16.4. The van der Waals surface area contributed by atoms with Crippen LogP contribution in [0.1, 0.15) is 13.3 Å². The third-order valence-electron chi connectivity index (χ3n) is 1.93. The van der Waals surface area contributed by atoms with Crippen LogP contribution < -0.4 is 0 Å². The summed E-state index contributed by atoms with van der Waals surface area (Å²) in [5.74, 6) is -0.637. The molecule has 0 saturated carbocycles. The Kier molecular flexibility index (Phi) is 5.82. The number of Topliss-reactive ketones (excluding diaryl/α,β-unsaturated/α-hetero) is 1. The number of carbonyl (C=O) groups is 1. The maximum atomic E-state index is 10.9. The van der Waals surface area contributed by atoms with Crippen LogP contribution >= 0.6 is 0 Å². The van der Waals surface area contributed by atoms with Crippen LogP contribution in [0.3, 0.4) is 0 Å². The number of aliphatic hydroxyl groups is 5. The summed E-state index contributed by atoms with van der Waals surface area (Å²) in [5.41, 5.74) is 0. The van der Waals surface area contributed by atoms with Gasteiger partial charge in [0.2, 0.25) is 0 Å². The van der Waals surface area contributed by atoms with E-state index in [1.165, 1.54) is 6.92 Å². The number of ketones is 1. The molecule has 6 heteroatoms. The molecule has 0 aliphatic heterocycles. The molecule has 0 spiro atoms. The predicted molar refractivity (Wildman–Crippen MR) is 46.4 cm³/mol. The van der Waals surface area contributed by atoms with Gasteiger partial charge in [0, 0.05) is 6.42 Å². The molecule has 84 valence electrons. The van der Waals surface area contributed by atoms with Crippen LogP contribution in [-0.2, 0) is 4.79 Å². The number of hydrogen-bond donors (Lipinski definition) is 5. The van der Waals surface area contributed by atoms with Gasteiger partial charge in [0.15, 0.2) is 5.78 Å². The maximum absolute atomic E-state index is 10.9. The molecule has 0 radical (unpaired) electrons. The third-order valence-corrected chi connectivity index (χ3v) is 1.93.